The maximum Gasteiger partial charge on any atom is 0.280 e. The normalized spacial score (nSPS) is 18.8. The number of rotatable bonds is 11. The first-order valence-corrected chi connectivity index (χ1v) is 17.2. The predicted molar refractivity (Wildman–Crippen MR) is 183 cm³/mol. The summed E-state index contributed by atoms with van der Waals surface area (Å²) >= 11 is 0. The van der Waals surface area contributed by atoms with Gasteiger partial charge in [-0.2, -0.15) is 4.98 Å². The molecule has 3 N–H and O–H groups in total. The van der Waals surface area contributed by atoms with E-state index in [1.165, 1.54) is 0 Å². The molecular formula is C35H39N5O6S. The summed E-state index contributed by atoms with van der Waals surface area (Å²) in [6.07, 6.45) is 1.40. The van der Waals surface area contributed by atoms with E-state index in [1.54, 1.807) is 39.0 Å². The summed E-state index contributed by atoms with van der Waals surface area (Å²) in [5.74, 6) is 1.98. The number of anilines is 1. The Balaban J connectivity index is 1.42. The average Bonchev–Trinajstić information content (AvgIpc) is 3.68. The maximum atomic E-state index is 12.9. The Bertz CT molecular complexity index is 1840. The van der Waals surface area contributed by atoms with Crippen molar-refractivity contribution >= 4 is 33.9 Å². The van der Waals surface area contributed by atoms with E-state index in [4.69, 9.17) is 14.2 Å². The Morgan fingerprint density at radius 2 is 1.60 bits per heavy atom. The molecule has 11 nitrogen and oxygen atoms in total. The number of H-pyrrole nitrogens is 1. The molecule has 12 heteroatoms. The van der Waals surface area contributed by atoms with Crippen molar-refractivity contribution in [3.05, 3.63) is 112 Å². The number of hydrogen-bond acceptors (Lipinski definition) is 8. The molecule has 47 heavy (non-hydrogen) atoms. The summed E-state index contributed by atoms with van der Waals surface area (Å²) in [5, 5.41) is 13.6. The standard InChI is InChI=1S/C35H39N5O6S/c1-22(2)31(42)38-34-37-30-29(32(43)39-34)36-20-40(30)33-28(41)18-19-47(33)21-46-35(23-8-6-5-7-9-23,24-10-14-26(44-3)15-11-24)25-12-16-27(45-4)17-13-25/h5-17,20,22,28,33,41,47H,18-19,21H2,1-4H3,(H2,37,38,39,42,43)/t28-,33-/m1/s1. The molecular weight excluding hydrogens is 618 g/mol. The molecule has 1 aliphatic heterocycles. The number of thiol groups is 1. The smallest absolute Gasteiger partial charge is 0.280 e. The van der Waals surface area contributed by atoms with E-state index in [9.17, 15) is 14.7 Å². The molecule has 1 aliphatic rings. The van der Waals surface area contributed by atoms with Crippen LogP contribution in [0.2, 0.25) is 0 Å². The van der Waals surface area contributed by atoms with Gasteiger partial charge in [0.2, 0.25) is 11.9 Å². The molecule has 0 radical (unpaired) electrons. The van der Waals surface area contributed by atoms with E-state index in [1.807, 2.05) is 66.7 Å². The minimum Gasteiger partial charge on any atom is -0.497 e. The zero-order valence-corrected chi connectivity index (χ0v) is 27.6. The summed E-state index contributed by atoms with van der Waals surface area (Å²) in [5.41, 5.74) is 1.71. The highest BCUT2D eigenvalue weighted by Crippen LogP contribution is 2.52. The van der Waals surface area contributed by atoms with Gasteiger partial charge in [-0.25, -0.2) is 15.9 Å². The van der Waals surface area contributed by atoms with Crippen LogP contribution >= 0.6 is 10.9 Å². The second-order valence-corrected chi connectivity index (χ2v) is 14.2. The van der Waals surface area contributed by atoms with Crippen LogP contribution in [0.4, 0.5) is 5.95 Å². The topological polar surface area (TPSA) is 141 Å². The first kappa shape index (κ1) is 32.3. The average molecular weight is 658 g/mol. The Morgan fingerprint density at radius 1 is 1.00 bits per heavy atom. The Kier molecular flexibility index (Phi) is 9.35. The van der Waals surface area contributed by atoms with Gasteiger partial charge in [-0.05, 0) is 53.1 Å². The first-order valence-electron chi connectivity index (χ1n) is 15.4. The molecule has 0 spiro atoms. The molecule has 0 bridgehead atoms. The van der Waals surface area contributed by atoms with Crippen LogP contribution in [0, 0.1) is 5.92 Å². The molecule has 5 aromatic rings. The number of imidazole rings is 1. The second kappa shape index (κ2) is 13.6. The molecule has 0 saturated carbocycles. The maximum absolute atomic E-state index is 12.9. The van der Waals surface area contributed by atoms with Crippen LogP contribution in [-0.2, 0) is 15.1 Å². The number of amides is 1. The van der Waals surface area contributed by atoms with Crippen molar-refractivity contribution in [2.45, 2.75) is 37.3 Å². The van der Waals surface area contributed by atoms with Gasteiger partial charge in [0, 0.05) is 5.92 Å². The number of nitrogens with one attached hydrogen (secondary N) is 2. The molecule has 3 heterocycles. The van der Waals surface area contributed by atoms with Crippen LogP contribution in [0.5, 0.6) is 11.5 Å². The fourth-order valence-corrected chi connectivity index (χ4v) is 8.68. The number of aromatic nitrogens is 4. The van der Waals surface area contributed by atoms with E-state index in [-0.39, 0.29) is 23.3 Å². The lowest BCUT2D eigenvalue weighted by atomic mass is 9.80. The number of carbonyl (C=O) groups is 1. The first-order chi connectivity index (χ1) is 22.7. The van der Waals surface area contributed by atoms with Crippen LogP contribution in [0.1, 0.15) is 42.3 Å². The Morgan fingerprint density at radius 3 is 2.17 bits per heavy atom. The van der Waals surface area contributed by atoms with Crippen molar-refractivity contribution in [2.24, 2.45) is 5.92 Å². The third kappa shape index (κ3) is 6.23. The van der Waals surface area contributed by atoms with Crippen LogP contribution in [0.15, 0.2) is 90.0 Å². The summed E-state index contributed by atoms with van der Waals surface area (Å²) in [4.78, 5) is 36.8. The second-order valence-electron chi connectivity index (χ2n) is 11.7. The van der Waals surface area contributed by atoms with Gasteiger partial charge < -0.3 is 23.9 Å². The van der Waals surface area contributed by atoms with E-state index in [0.717, 1.165) is 33.9 Å². The molecule has 6 rings (SSSR count). The molecule has 246 valence electrons. The van der Waals surface area contributed by atoms with Gasteiger partial charge in [0.05, 0.1) is 38.0 Å². The molecule has 0 aliphatic carbocycles. The molecule has 1 unspecified atom stereocenters. The number of nitrogens with zero attached hydrogens (tertiary/aromatic N) is 3. The van der Waals surface area contributed by atoms with E-state index in [2.05, 4.69) is 32.4 Å². The van der Waals surface area contributed by atoms with Gasteiger partial charge in [0.25, 0.3) is 5.56 Å². The number of aromatic amines is 1. The minimum atomic E-state index is -1.01. The highest BCUT2D eigenvalue weighted by atomic mass is 32.2. The summed E-state index contributed by atoms with van der Waals surface area (Å²) in [6, 6.07) is 25.8. The molecule has 1 amide bonds. The van der Waals surface area contributed by atoms with Crippen LogP contribution in [0.3, 0.4) is 0 Å². The summed E-state index contributed by atoms with van der Waals surface area (Å²) in [6.45, 7) is 3.51. The third-order valence-electron chi connectivity index (χ3n) is 8.53. The van der Waals surface area contributed by atoms with Crippen LogP contribution in [-0.4, -0.2) is 62.5 Å². The Labute approximate surface area is 275 Å². The van der Waals surface area contributed by atoms with E-state index in [0.29, 0.717) is 18.0 Å². The summed E-state index contributed by atoms with van der Waals surface area (Å²) < 4.78 is 19.9. The zero-order chi connectivity index (χ0) is 33.1. The van der Waals surface area contributed by atoms with Crippen molar-refractivity contribution in [2.75, 3.05) is 31.2 Å². The van der Waals surface area contributed by atoms with Crippen LogP contribution < -0.4 is 20.3 Å². The van der Waals surface area contributed by atoms with Gasteiger partial charge in [-0.1, -0.05) is 68.4 Å². The van der Waals surface area contributed by atoms with E-state index < -0.39 is 33.5 Å². The third-order valence-corrected chi connectivity index (χ3v) is 11.2. The molecule has 2 aromatic heterocycles. The van der Waals surface area contributed by atoms with E-state index >= 15 is 0 Å². The van der Waals surface area contributed by atoms with Crippen molar-refractivity contribution in [3.8, 4) is 11.5 Å². The number of hydrogen-bond donors (Lipinski definition) is 4. The molecule has 1 fully saturated rings. The lowest BCUT2D eigenvalue weighted by molar-refractivity contribution is -0.118. The SMILES string of the molecule is COc1ccc(C(OC[SH]2CC[C@@H](O)[C@@H]2n2cnc3c(=O)[nH]c(NC(=O)C(C)C)nc32)(c2ccccc2)c2ccc(OC)cc2)cc1. The highest BCUT2D eigenvalue weighted by molar-refractivity contribution is 8.17. The van der Waals surface area contributed by atoms with Crippen molar-refractivity contribution in [1.29, 1.82) is 0 Å². The highest BCUT2D eigenvalue weighted by Gasteiger charge is 2.41. The molecule has 3 aromatic carbocycles. The number of aliphatic hydroxyl groups is 1. The lowest BCUT2D eigenvalue weighted by Gasteiger charge is -2.38. The van der Waals surface area contributed by atoms with Gasteiger partial charge in [0.15, 0.2) is 11.2 Å². The van der Waals surface area contributed by atoms with Gasteiger partial charge in [-0.15, -0.1) is 0 Å². The number of benzene rings is 3. The lowest BCUT2D eigenvalue weighted by Crippen LogP contribution is -2.34. The number of ether oxygens (including phenoxy) is 3. The summed E-state index contributed by atoms with van der Waals surface area (Å²) in [7, 11) is 2.26. The monoisotopic (exact) mass is 657 g/mol. The van der Waals surface area contributed by atoms with Crippen molar-refractivity contribution < 1.29 is 24.1 Å². The van der Waals surface area contributed by atoms with Crippen molar-refractivity contribution in [1.82, 2.24) is 19.5 Å². The molecule has 3 atom stereocenters. The minimum absolute atomic E-state index is 0.0399. The predicted octanol–water partition coefficient (Wildman–Crippen LogP) is 4.96. The fraction of sp³-hybridized carbons (Fsp3) is 0.314. The quantitative estimate of drug-likeness (QED) is 0.115. The zero-order valence-electron chi connectivity index (χ0n) is 26.7. The number of methoxy groups -OCH3 is 2. The van der Waals surface area contributed by atoms with Gasteiger partial charge in [-0.3, -0.25) is 19.9 Å². The number of aliphatic hydroxyl groups excluding tert-OH is 1. The Hall–Kier alpha value is -4.65. The number of fused-ring (bicyclic) bond motifs is 1. The molecule has 1 saturated heterocycles. The number of carbonyl (C=O) groups excluding carboxylic acids is 1. The fourth-order valence-electron chi connectivity index (χ4n) is 6.02. The largest absolute Gasteiger partial charge is 0.497 e. The van der Waals surface area contributed by atoms with Gasteiger partial charge >= 0.3 is 0 Å². The van der Waals surface area contributed by atoms with Crippen molar-refractivity contribution in [3.63, 3.8) is 0 Å². The van der Waals surface area contributed by atoms with Crippen LogP contribution in [0.25, 0.3) is 11.2 Å². The van der Waals surface area contributed by atoms with Gasteiger partial charge in [0.1, 0.15) is 17.1 Å².